The summed E-state index contributed by atoms with van der Waals surface area (Å²) in [4.78, 5) is 4.74. The van der Waals surface area contributed by atoms with Crippen LogP contribution in [0.4, 0.5) is 34.1 Å². The van der Waals surface area contributed by atoms with Crippen molar-refractivity contribution in [1.29, 1.82) is 0 Å². The molecule has 0 saturated heterocycles. The maximum Gasteiger partial charge on any atom is 0.0490 e. The Labute approximate surface area is 301 Å². The molecule has 0 bridgehead atoms. The van der Waals surface area contributed by atoms with Crippen molar-refractivity contribution in [3.8, 4) is 11.1 Å². The molecule has 0 fully saturated rings. The minimum Gasteiger partial charge on any atom is -0.310 e. The molecule has 8 aromatic rings. The van der Waals surface area contributed by atoms with Gasteiger partial charge in [0.15, 0.2) is 0 Å². The number of anilines is 6. The van der Waals surface area contributed by atoms with Gasteiger partial charge in [-0.2, -0.15) is 0 Å². The third-order valence-electron chi connectivity index (χ3n) is 9.89. The van der Waals surface area contributed by atoms with Crippen LogP contribution in [0, 0.1) is 13.8 Å². The monoisotopic (exact) mass is 658 g/mol. The smallest absolute Gasteiger partial charge is 0.0490 e. The van der Waals surface area contributed by atoms with Gasteiger partial charge < -0.3 is 9.80 Å². The van der Waals surface area contributed by atoms with Crippen LogP contribution in [0.2, 0.25) is 0 Å². The van der Waals surface area contributed by atoms with Crippen molar-refractivity contribution in [3.05, 3.63) is 193 Å². The van der Waals surface area contributed by atoms with Crippen molar-refractivity contribution < 1.29 is 0 Å². The summed E-state index contributed by atoms with van der Waals surface area (Å²) in [6.07, 6.45) is 2.23. The molecule has 0 N–H and O–H groups in total. The van der Waals surface area contributed by atoms with Gasteiger partial charge in [0.2, 0.25) is 0 Å². The Balaban J connectivity index is 1.14. The van der Waals surface area contributed by atoms with Gasteiger partial charge in [-0.3, -0.25) is 0 Å². The van der Waals surface area contributed by atoms with Crippen molar-refractivity contribution in [2.45, 2.75) is 33.6 Å². The van der Waals surface area contributed by atoms with Gasteiger partial charge in [0.25, 0.3) is 0 Å². The predicted molar refractivity (Wildman–Crippen MR) is 220 cm³/mol. The normalized spacial score (nSPS) is 11.2. The van der Waals surface area contributed by atoms with Crippen molar-refractivity contribution in [3.63, 3.8) is 0 Å². The molecule has 0 amide bonds. The average molecular weight is 659 g/mol. The van der Waals surface area contributed by atoms with E-state index in [1.165, 1.54) is 55.0 Å². The Morgan fingerprint density at radius 2 is 0.843 bits per heavy atom. The summed E-state index contributed by atoms with van der Waals surface area (Å²) in [6.45, 7) is 6.59. The van der Waals surface area contributed by atoms with E-state index in [0.717, 1.165) is 41.3 Å². The molecule has 0 spiro atoms. The van der Waals surface area contributed by atoms with Crippen LogP contribution in [0.25, 0.3) is 32.7 Å². The molecule has 0 aliphatic heterocycles. The number of nitrogens with zero attached hydrogens (tertiary/aromatic N) is 2. The maximum absolute atomic E-state index is 2.38. The Bertz CT molecular complexity index is 2440. The summed E-state index contributed by atoms with van der Waals surface area (Å²) >= 11 is 0. The Hall–Kier alpha value is -6.12. The van der Waals surface area contributed by atoms with Gasteiger partial charge in [-0.05, 0) is 131 Å². The van der Waals surface area contributed by atoms with Crippen LogP contribution in [0.5, 0.6) is 0 Å². The largest absolute Gasteiger partial charge is 0.310 e. The van der Waals surface area contributed by atoms with E-state index in [-0.39, 0.29) is 0 Å². The third-order valence-corrected chi connectivity index (χ3v) is 9.89. The summed E-state index contributed by atoms with van der Waals surface area (Å²) in [5.74, 6) is 0. The van der Waals surface area contributed by atoms with E-state index in [1.54, 1.807) is 0 Å². The number of aryl methyl sites for hydroxylation is 3. The van der Waals surface area contributed by atoms with Gasteiger partial charge in [0.05, 0.1) is 0 Å². The van der Waals surface area contributed by atoms with Gasteiger partial charge in [0.1, 0.15) is 0 Å². The Kier molecular flexibility index (Phi) is 8.82. The highest BCUT2D eigenvalue weighted by Gasteiger charge is 2.17. The molecule has 0 atom stereocenters. The molecular weight excluding hydrogens is 617 g/mol. The quantitative estimate of drug-likeness (QED) is 0.152. The fourth-order valence-corrected chi connectivity index (χ4v) is 7.27. The van der Waals surface area contributed by atoms with E-state index in [1.807, 2.05) is 0 Å². The first kappa shape index (κ1) is 32.1. The molecule has 0 aliphatic rings. The van der Waals surface area contributed by atoms with Crippen molar-refractivity contribution in [2.75, 3.05) is 9.80 Å². The number of hydrogen-bond donors (Lipinski definition) is 0. The van der Waals surface area contributed by atoms with Gasteiger partial charge in [-0.25, -0.2) is 0 Å². The molecule has 0 saturated carbocycles. The molecule has 0 radical (unpaired) electrons. The van der Waals surface area contributed by atoms with Crippen LogP contribution < -0.4 is 9.80 Å². The van der Waals surface area contributed by atoms with Crippen LogP contribution in [0.3, 0.4) is 0 Å². The topological polar surface area (TPSA) is 6.48 Å². The fraction of sp³-hybridized carbons (Fsp3) is 0.102. The number of fused-ring (bicyclic) bond motifs is 2. The third kappa shape index (κ3) is 6.61. The van der Waals surface area contributed by atoms with E-state index < -0.39 is 0 Å². The lowest BCUT2D eigenvalue weighted by molar-refractivity contribution is 0.922. The molecule has 0 aliphatic carbocycles. The van der Waals surface area contributed by atoms with E-state index >= 15 is 0 Å². The highest BCUT2D eigenvalue weighted by atomic mass is 15.1. The first-order chi connectivity index (χ1) is 25.0. The van der Waals surface area contributed by atoms with Crippen LogP contribution in [-0.4, -0.2) is 0 Å². The second kappa shape index (κ2) is 14.0. The van der Waals surface area contributed by atoms with Crippen LogP contribution in [-0.2, 0) is 6.42 Å². The molecular formula is C49H42N2. The zero-order chi connectivity index (χ0) is 34.7. The van der Waals surface area contributed by atoms with Crippen LogP contribution >= 0.6 is 0 Å². The summed E-state index contributed by atoms with van der Waals surface area (Å²) in [5.41, 5.74) is 13.2. The van der Waals surface area contributed by atoms with Crippen molar-refractivity contribution >= 4 is 55.7 Å². The number of benzene rings is 8. The van der Waals surface area contributed by atoms with Gasteiger partial charge in [-0.1, -0.05) is 128 Å². The lowest BCUT2D eigenvalue weighted by Gasteiger charge is -2.28. The first-order valence-corrected chi connectivity index (χ1v) is 18.0. The van der Waals surface area contributed by atoms with Gasteiger partial charge in [0, 0.05) is 34.1 Å². The molecule has 51 heavy (non-hydrogen) atoms. The predicted octanol–water partition coefficient (Wildman–Crippen LogP) is 14.2. The lowest BCUT2D eigenvalue weighted by Crippen LogP contribution is -2.11. The molecule has 0 aromatic heterocycles. The lowest BCUT2D eigenvalue weighted by atomic mass is 10.0. The Morgan fingerprint density at radius 1 is 0.392 bits per heavy atom. The zero-order valence-corrected chi connectivity index (χ0v) is 29.6. The summed E-state index contributed by atoms with van der Waals surface area (Å²) in [7, 11) is 0. The molecule has 8 aromatic carbocycles. The second-order valence-electron chi connectivity index (χ2n) is 13.5. The summed E-state index contributed by atoms with van der Waals surface area (Å²) < 4.78 is 0. The van der Waals surface area contributed by atoms with Gasteiger partial charge >= 0.3 is 0 Å². The molecule has 2 heteroatoms. The molecule has 0 unspecified atom stereocenters. The highest BCUT2D eigenvalue weighted by molar-refractivity contribution is 5.91. The van der Waals surface area contributed by atoms with Gasteiger partial charge in [-0.15, -0.1) is 0 Å². The standard InChI is InChI=1S/C49H42N2/c1-4-9-37-15-23-44(24-16-37)50(47-29-21-38-10-5-7-12-42(38)33-47)45-25-17-40(18-26-45)41-19-27-46(28-20-41)51(49-31-14-35(2)32-36(49)3)48-30-22-39-11-6-8-13-43(39)34-48/h5-8,10-34H,4,9H2,1-3H3. The minimum atomic E-state index is 1.09. The molecule has 8 rings (SSSR count). The summed E-state index contributed by atoms with van der Waals surface area (Å²) in [5, 5.41) is 4.96. The Morgan fingerprint density at radius 3 is 1.35 bits per heavy atom. The fourth-order valence-electron chi connectivity index (χ4n) is 7.27. The van der Waals surface area contributed by atoms with E-state index in [0.29, 0.717) is 0 Å². The van der Waals surface area contributed by atoms with Crippen molar-refractivity contribution in [2.24, 2.45) is 0 Å². The maximum atomic E-state index is 2.38. The highest BCUT2D eigenvalue weighted by Crippen LogP contribution is 2.40. The van der Waals surface area contributed by atoms with E-state index in [9.17, 15) is 0 Å². The molecule has 2 nitrogen and oxygen atoms in total. The zero-order valence-electron chi connectivity index (χ0n) is 29.6. The summed E-state index contributed by atoms with van der Waals surface area (Å²) in [6, 6.07) is 64.3. The van der Waals surface area contributed by atoms with E-state index in [4.69, 9.17) is 0 Å². The molecule has 0 heterocycles. The SMILES string of the molecule is CCCc1ccc(N(c2ccc(-c3ccc(N(c4ccc5ccccc5c4)c4ccc(C)cc4C)cc3)cc2)c2ccc3ccccc3c2)cc1. The number of hydrogen-bond acceptors (Lipinski definition) is 2. The van der Waals surface area contributed by atoms with Crippen LogP contribution in [0.1, 0.15) is 30.0 Å². The van der Waals surface area contributed by atoms with Crippen molar-refractivity contribution in [1.82, 2.24) is 0 Å². The number of rotatable bonds is 9. The van der Waals surface area contributed by atoms with Crippen LogP contribution in [0.15, 0.2) is 176 Å². The average Bonchev–Trinajstić information content (AvgIpc) is 3.17. The first-order valence-electron chi connectivity index (χ1n) is 18.0. The molecule has 248 valence electrons. The van der Waals surface area contributed by atoms with E-state index in [2.05, 4.69) is 206 Å². The second-order valence-corrected chi connectivity index (χ2v) is 13.5. The minimum absolute atomic E-state index is 1.09.